The highest BCUT2D eigenvalue weighted by Crippen LogP contribution is 2.37. The number of rotatable bonds is 12. The molecule has 0 nitrogen and oxygen atoms in total. The highest BCUT2D eigenvalue weighted by Gasteiger charge is 2.21. The standard InChI is InChI=1S/C37H48/c1-3-5-7-9-11-12-30-16-22-34(23-17-30)35-24-18-31(19-25-35)14-15-33-21-27-36-28-32(13-10-8-6-4-2)20-26-37(36)29-33/h18-21,24-30,34H,3-13,16-17,22-23H2,1-2H3/t30-,34-. The maximum atomic E-state index is 3.40. The Morgan fingerprint density at radius 3 is 1.97 bits per heavy atom. The fourth-order valence-corrected chi connectivity index (χ4v) is 6.09. The molecule has 0 heteroatoms. The Labute approximate surface area is 227 Å². The van der Waals surface area contributed by atoms with E-state index in [0.29, 0.717) is 0 Å². The molecule has 196 valence electrons. The molecule has 1 fully saturated rings. The summed E-state index contributed by atoms with van der Waals surface area (Å²) >= 11 is 0. The van der Waals surface area contributed by atoms with Crippen molar-refractivity contribution in [3.63, 3.8) is 0 Å². The zero-order valence-corrected chi connectivity index (χ0v) is 23.5. The van der Waals surface area contributed by atoms with Gasteiger partial charge in [0.15, 0.2) is 0 Å². The first-order valence-corrected chi connectivity index (χ1v) is 15.4. The van der Waals surface area contributed by atoms with Crippen LogP contribution in [0, 0.1) is 17.8 Å². The van der Waals surface area contributed by atoms with Crippen molar-refractivity contribution in [1.29, 1.82) is 0 Å². The van der Waals surface area contributed by atoms with E-state index in [1.54, 1.807) is 0 Å². The molecule has 0 aromatic heterocycles. The SMILES string of the molecule is CCCCCCC[C@H]1CC[C@H](c2ccc(C#Cc3ccc4cc(CCCCCC)ccc4c3)cc2)CC1. The van der Waals surface area contributed by atoms with E-state index in [0.717, 1.165) is 23.0 Å². The van der Waals surface area contributed by atoms with Gasteiger partial charge in [0, 0.05) is 11.1 Å². The third-order valence-electron chi connectivity index (χ3n) is 8.52. The minimum atomic E-state index is 0.746. The minimum Gasteiger partial charge on any atom is -0.0654 e. The molecule has 1 aliphatic rings. The Bertz CT molecular complexity index is 1130. The van der Waals surface area contributed by atoms with E-state index in [1.165, 1.54) is 118 Å². The van der Waals surface area contributed by atoms with Crippen molar-refractivity contribution in [1.82, 2.24) is 0 Å². The average Bonchev–Trinajstić information content (AvgIpc) is 2.95. The van der Waals surface area contributed by atoms with E-state index < -0.39 is 0 Å². The largest absolute Gasteiger partial charge is 0.0654 e. The van der Waals surface area contributed by atoms with Crippen molar-refractivity contribution in [2.75, 3.05) is 0 Å². The second-order valence-corrected chi connectivity index (χ2v) is 11.5. The van der Waals surface area contributed by atoms with Crippen LogP contribution in [0.15, 0.2) is 60.7 Å². The van der Waals surface area contributed by atoms with E-state index in [9.17, 15) is 0 Å². The van der Waals surface area contributed by atoms with Gasteiger partial charge in [-0.1, -0.05) is 120 Å². The van der Waals surface area contributed by atoms with Gasteiger partial charge in [0.2, 0.25) is 0 Å². The summed E-state index contributed by atoms with van der Waals surface area (Å²) in [5.41, 5.74) is 5.19. The average molecular weight is 493 g/mol. The summed E-state index contributed by atoms with van der Waals surface area (Å²) < 4.78 is 0. The van der Waals surface area contributed by atoms with Crippen molar-refractivity contribution in [3.05, 3.63) is 82.9 Å². The molecule has 0 atom stereocenters. The Morgan fingerprint density at radius 1 is 0.595 bits per heavy atom. The summed E-state index contributed by atoms with van der Waals surface area (Å²) in [6.45, 7) is 4.57. The highest BCUT2D eigenvalue weighted by atomic mass is 14.3. The summed E-state index contributed by atoms with van der Waals surface area (Å²) in [5, 5.41) is 2.62. The van der Waals surface area contributed by atoms with Gasteiger partial charge in [-0.3, -0.25) is 0 Å². The predicted octanol–water partition coefficient (Wildman–Crippen LogP) is 11.0. The van der Waals surface area contributed by atoms with Crippen LogP contribution in [0.3, 0.4) is 0 Å². The molecule has 4 rings (SSSR count). The fraction of sp³-hybridized carbons (Fsp3) is 0.514. The predicted molar refractivity (Wildman–Crippen MR) is 162 cm³/mol. The van der Waals surface area contributed by atoms with Crippen LogP contribution in [0.2, 0.25) is 0 Å². The zero-order valence-electron chi connectivity index (χ0n) is 23.5. The first-order chi connectivity index (χ1) is 18.2. The number of fused-ring (bicyclic) bond motifs is 1. The van der Waals surface area contributed by atoms with E-state index in [4.69, 9.17) is 0 Å². The molecule has 0 spiro atoms. The van der Waals surface area contributed by atoms with Gasteiger partial charge in [0.05, 0.1) is 0 Å². The Kier molecular flexibility index (Phi) is 11.2. The van der Waals surface area contributed by atoms with Crippen LogP contribution in [0.4, 0.5) is 0 Å². The lowest BCUT2D eigenvalue weighted by Crippen LogP contribution is -2.13. The molecule has 37 heavy (non-hydrogen) atoms. The van der Waals surface area contributed by atoms with Gasteiger partial charge in [0.1, 0.15) is 0 Å². The Balaban J connectivity index is 1.27. The molecule has 0 radical (unpaired) electrons. The smallest absolute Gasteiger partial charge is 0.0255 e. The second kappa shape index (κ2) is 15.0. The number of unbranched alkanes of at least 4 members (excludes halogenated alkanes) is 7. The van der Waals surface area contributed by atoms with Gasteiger partial charge in [-0.15, -0.1) is 0 Å². The summed E-state index contributed by atoms with van der Waals surface area (Å²) in [6, 6.07) is 22.7. The van der Waals surface area contributed by atoms with Gasteiger partial charge < -0.3 is 0 Å². The first-order valence-electron chi connectivity index (χ1n) is 15.4. The van der Waals surface area contributed by atoms with Gasteiger partial charge >= 0.3 is 0 Å². The van der Waals surface area contributed by atoms with Crippen molar-refractivity contribution < 1.29 is 0 Å². The summed E-state index contributed by atoms with van der Waals surface area (Å²) in [5.74, 6) is 8.52. The van der Waals surface area contributed by atoms with Crippen molar-refractivity contribution in [2.24, 2.45) is 5.92 Å². The van der Waals surface area contributed by atoms with Crippen molar-refractivity contribution >= 4 is 10.8 Å². The van der Waals surface area contributed by atoms with E-state index in [2.05, 4.69) is 86.4 Å². The minimum absolute atomic E-state index is 0.746. The maximum absolute atomic E-state index is 3.40. The molecular weight excluding hydrogens is 444 g/mol. The van der Waals surface area contributed by atoms with Crippen LogP contribution in [-0.4, -0.2) is 0 Å². The van der Waals surface area contributed by atoms with E-state index in [1.807, 2.05) is 0 Å². The van der Waals surface area contributed by atoms with Gasteiger partial charge in [0.25, 0.3) is 0 Å². The molecule has 1 aliphatic carbocycles. The topological polar surface area (TPSA) is 0 Å². The fourth-order valence-electron chi connectivity index (χ4n) is 6.09. The lowest BCUT2D eigenvalue weighted by atomic mass is 9.77. The molecule has 0 aliphatic heterocycles. The van der Waals surface area contributed by atoms with Gasteiger partial charge in [-0.25, -0.2) is 0 Å². The Hall–Kier alpha value is -2.52. The molecule has 0 N–H and O–H groups in total. The molecule has 1 saturated carbocycles. The molecule has 0 unspecified atom stereocenters. The molecule has 0 heterocycles. The zero-order chi connectivity index (χ0) is 25.7. The number of hydrogen-bond acceptors (Lipinski definition) is 0. The number of benzene rings is 3. The first kappa shape index (κ1) is 27.5. The maximum Gasteiger partial charge on any atom is 0.0255 e. The lowest BCUT2D eigenvalue weighted by Gasteiger charge is -2.29. The van der Waals surface area contributed by atoms with Crippen LogP contribution in [-0.2, 0) is 6.42 Å². The molecule has 3 aromatic carbocycles. The molecule has 0 amide bonds. The van der Waals surface area contributed by atoms with Crippen LogP contribution in [0.1, 0.15) is 132 Å². The second-order valence-electron chi connectivity index (χ2n) is 11.5. The van der Waals surface area contributed by atoms with Crippen LogP contribution >= 0.6 is 0 Å². The third kappa shape index (κ3) is 8.78. The summed E-state index contributed by atoms with van der Waals surface area (Å²) in [6.07, 6.45) is 20.6. The van der Waals surface area contributed by atoms with Crippen LogP contribution in [0.25, 0.3) is 10.8 Å². The van der Waals surface area contributed by atoms with Crippen molar-refractivity contribution in [2.45, 2.75) is 116 Å². The summed E-state index contributed by atoms with van der Waals surface area (Å²) in [7, 11) is 0. The molecule has 0 saturated heterocycles. The normalized spacial score (nSPS) is 17.5. The summed E-state index contributed by atoms with van der Waals surface area (Å²) in [4.78, 5) is 0. The van der Waals surface area contributed by atoms with Gasteiger partial charge in [-0.05, 0) is 96.5 Å². The van der Waals surface area contributed by atoms with E-state index >= 15 is 0 Å². The lowest BCUT2D eigenvalue weighted by molar-refractivity contribution is 0.302. The quantitative estimate of drug-likeness (QED) is 0.174. The third-order valence-corrected chi connectivity index (χ3v) is 8.52. The monoisotopic (exact) mass is 492 g/mol. The van der Waals surface area contributed by atoms with E-state index in [-0.39, 0.29) is 0 Å². The number of hydrogen-bond donors (Lipinski definition) is 0. The molecular formula is C37H48. The van der Waals surface area contributed by atoms with Crippen LogP contribution in [0.5, 0.6) is 0 Å². The number of aryl methyl sites for hydroxylation is 1. The molecule has 3 aromatic rings. The van der Waals surface area contributed by atoms with Crippen LogP contribution < -0.4 is 0 Å². The van der Waals surface area contributed by atoms with Gasteiger partial charge in [-0.2, -0.15) is 0 Å². The Morgan fingerprint density at radius 2 is 1.22 bits per heavy atom. The molecule has 0 bridgehead atoms. The van der Waals surface area contributed by atoms with Crippen molar-refractivity contribution in [3.8, 4) is 11.8 Å². The highest BCUT2D eigenvalue weighted by molar-refractivity contribution is 5.84.